The van der Waals surface area contributed by atoms with Crippen molar-refractivity contribution in [2.24, 2.45) is 10.9 Å². The molecule has 2 unspecified atom stereocenters. The van der Waals surface area contributed by atoms with Crippen molar-refractivity contribution >= 4 is 24.2 Å². The fraction of sp³-hybridized carbons (Fsp3) is 0.412. The average molecular weight is 328 g/mol. The maximum Gasteiger partial charge on any atom is 0.153 e. The van der Waals surface area contributed by atoms with Gasteiger partial charge in [-0.15, -0.1) is 0 Å². The molecule has 1 N–H and O–H groups in total. The highest BCUT2D eigenvalue weighted by atomic mass is 32.1. The third-order valence-corrected chi connectivity index (χ3v) is 4.50. The molecule has 3 rings (SSSR count). The number of fused-ring (bicyclic) bond motifs is 1. The van der Waals surface area contributed by atoms with Gasteiger partial charge < -0.3 is 5.11 Å². The lowest BCUT2D eigenvalue weighted by Gasteiger charge is -2.34. The van der Waals surface area contributed by atoms with Gasteiger partial charge in [-0.3, -0.25) is 10.0 Å². The maximum absolute atomic E-state index is 9.42. The van der Waals surface area contributed by atoms with Gasteiger partial charge >= 0.3 is 0 Å². The summed E-state index contributed by atoms with van der Waals surface area (Å²) >= 11 is 4.52. The second-order valence-corrected chi connectivity index (χ2v) is 6.21. The summed E-state index contributed by atoms with van der Waals surface area (Å²) < 4.78 is 1.78. The van der Waals surface area contributed by atoms with Crippen molar-refractivity contribution in [3.05, 3.63) is 42.0 Å². The molecule has 0 saturated carbocycles. The smallest absolute Gasteiger partial charge is 0.153 e. The van der Waals surface area contributed by atoms with Crippen molar-refractivity contribution in [2.75, 3.05) is 13.2 Å². The highest BCUT2D eigenvalue weighted by molar-refractivity contribution is 7.77. The van der Waals surface area contributed by atoms with E-state index in [-0.39, 0.29) is 18.7 Å². The normalized spacial score (nSPS) is 24.0. The molecule has 120 valence electrons. The third-order valence-electron chi connectivity index (χ3n) is 4.14. The van der Waals surface area contributed by atoms with Crippen LogP contribution in [0.4, 0.5) is 0 Å². The van der Waals surface area contributed by atoms with Gasteiger partial charge in [0.2, 0.25) is 0 Å². The van der Waals surface area contributed by atoms with Crippen LogP contribution in [-0.4, -0.2) is 39.6 Å². The molecule has 1 aromatic carbocycles. The molecule has 1 saturated heterocycles. The summed E-state index contributed by atoms with van der Waals surface area (Å²) in [5.74, 6) is -0.201. The number of benzene rings is 1. The molecule has 1 aromatic rings. The largest absolute Gasteiger partial charge is 0.396 e. The lowest BCUT2D eigenvalue weighted by Crippen LogP contribution is -2.37. The number of hydrogen-bond donors (Lipinski definition) is 2. The second kappa shape index (κ2) is 7.18. The van der Waals surface area contributed by atoms with E-state index in [1.165, 1.54) is 0 Å². The van der Waals surface area contributed by atoms with E-state index in [9.17, 15) is 5.26 Å². The van der Waals surface area contributed by atoms with E-state index < -0.39 is 0 Å². The van der Waals surface area contributed by atoms with Crippen LogP contribution >= 0.6 is 12.8 Å². The zero-order valence-electron chi connectivity index (χ0n) is 12.8. The van der Waals surface area contributed by atoms with E-state index in [0.29, 0.717) is 6.54 Å². The van der Waals surface area contributed by atoms with Crippen LogP contribution in [0.5, 0.6) is 0 Å². The summed E-state index contributed by atoms with van der Waals surface area (Å²) in [6.45, 7) is 0.755. The van der Waals surface area contributed by atoms with E-state index in [1.54, 1.807) is 4.41 Å². The van der Waals surface area contributed by atoms with Crippen LogP contribution in [0.1, 0.15) is 24.8 Å². The number of unbranched alkanes of at least 4 members (excludes halogenated alkanes) is 1. The first kappa shape index (κ1) is 16.1. The molecule has 2 aliphatic rings. The fourth-order valence-corrected chi connectivity index (χ4v) is 3.37. The second-order valence-electron chi connectivity index (χ2n) is 5.75. The Morgan fingerprint density at radius 2 is 2.09 bits per heavy atom. The van der Waals surface area contributed by atoms with Gasteiger partial charge in [-0.1, -0.05) is 43.1 Å². The van der Waals surface area contributed by atoms with Gasteiger partial charge in [-0.05, 0) is 30.9 Å². The van der Waals surface area contributed by atoms with Gasteiger partial charge in [0.05, 0.1) is 11.8 Å². The van der Waals surface area contributed by atoms with E-state index in [0.717, 1.165) is 36.2 Å². The average Bonchev–Trinajstić information content (AvgIpc) is 2.91. The molecule has 2 heterocycles. The Morgan fingerprint density at radius 1 is 1.30 bits per heavy atom. The number of hydrogen-bond acceptors (Lipinski definition) is 6. The lowest BCUT2D eigenvalue weighted by atomic mass is 10.0. The molecule has 0 bridgehead atoms. The standard InChI is InChI=1S/C17H20N4OS/c18-11-14-12-20(23)21-16(13-6-2-1-3-7-13)10-15(19-17(14)21)8-4-5-9-22/h1-3,6-7,10,14,17,22-23H,4-5,8-9,12H2. The van der Waals surface area contributed by atoms with Crippen LogP contribution in [0.2, 0.25) is 0 Å². The summed E-state index contributed by atoms with van der Waals surface area (Å²) in [5, 5.41) is 20.4. The molecule has 5 nitrogen and oxygen atoms in total. The van der Waals surface area contributed by atoms with Crippen LogP contribution in [0, 0.1) is 17.2 Å². The Hall–Kier alpha value is -1.81. The van der Waals surface area contributed by atoms with E-state index in [4.69, 9.17) is 10.1 Å². The topological polar surface area (TPSA) is 62.9 Å². The molecule has 2 atom stereocenters. The Bertz CT molecular complexity index is 652. The highest BCUT2D eigenvalue weighted by Crippen LogP contribution is 2.37. The van der Waals surface area contributed by atoms with Gasteiger partial charge in [0.25, 0.3) is 0 Å². The molecular formula is C17H20N4OS. The third kappa shape index (κ3) is 3.27. The lowest BCUT2D eigenvalue weighted by molar-refractivity contribution is 0.179. The van der Waals surface area contributed by atoms with Gasteiger partial charge in [-0.2, -0.15) is 9.68 Å². The molecule has 1 fully saturated rings. The minimum atomic E-state index is -0.221. The Labute approximate surface area is 142 Å². The number of allylic oxidation sites excluding steroid dienone is 1. The number of thiol groups is 1. The zero-order valence-corrected chi connectivity index (χ0v) is 13.7. The number of rotatable bonds is 5. The highest BCUT2D eigenvalue weighted by Gasteiger charge is 2.42. The molecule has 0 aliphatic carbocycles. The minimum absolute atomic E-state index is 0.198. The number of nitriles is 1. The van der Waals surface area contributed by atoms with Crippen LogP contribution in [0.15, 0.2) is 41.4 Å². The van der Waals surface area contributed by atoms with Gasteiger partial charge in [-0.25, -0.2) is 0 Å². The van der Waals surface area contributed by atoms with Crippen molar-refractivity contribution in [3.63, 3.8) is 0 Å². The van der Waals surface area contributed by atoms with E-state index in [2.05, 4.69) is 37.1 Å². The number of aliphatic imine (C=N–C) groups is 1. The molecule has 0 amide bonds. The summed E-state index contributed by atoms with van der Waals surface area (Å²) in [4.78, 5) is 4.77. The zero-order chi connectivity index (χ0) is 16.2. The van der Waals surface area contributed by atoms with Crippen molar-refractivity contribution < 1.29 is 5.11 Å². The molecule has 0 aromatic heterocycles. The quantitative estimate of drug-likeness (QED) is 0.644. The van der Waals surface area contributed by atoms with Crippen LogP contribution in [-0.2, 0) is 0 Å². The van der Waals surface area contributed by atoms with Crippen LogP contribution in [0.25, 0.3) is 5.70 Å². The molecular weight excluding hydrogens is 308 g/mol. The number of nitrogens with zero attached hydrogens (tertiary/aromatic N) is 4. The number of aliphatic hydroxyl groups is 1. The molecule has 0 spiro atoms. The van der Waals surface area contributed by atoms with Crippen molar-refractivity contribution in [1.82, 2.24) is 9.42 Å². The summed E-state index contributed by atoms with van der Waals surface area (Å²) in [6.07, 6.45) is 4.32. The van der Waals surface area contributed by atoms with E-state index >= 15 is 0 Å². The van der Waals surface area contributed by atoms with Crippen molar-refractivity contribution in [2.45, 2.75) is 25.4 Å². The number of hydrazine groups is 1. The van der Waals surface area contributed by atoms with Crippen LogP contribution < -0.4 is 0 Å². The molecule has 6 heteroatoms. The minimum Gasteiger partial charge on any atom is -0.396 e. The summed E-state index contributed by atoms with van der Waals surface area (Å²) in [6, 6.07) is 12.5. The van der Waals surface area contributed by atoms with Gasteiger partial charge in [0.1, 0.15) is 5.92 Å². The predicted octanol–water partition coefficient (Wildman–Crippen LogP) is 2.49. The molecule has 0 radical (unpaired) electrons. The fourth-order valence-electron chi connectivity index (χ4n) is 2.99. The first-order chi connectivity index (χ1) is 11.2. The Morgan fingerprint density at radius 3 is 2.78 bits per heavy atom. The van der Waals surface area contributed by atoms with Gasteiger partial charge in [0, 0.05) is 18.9 Å². The first-order valence-electron chi connectivity index (χ1n) is 7.84. The van der Waals surface area contributed by atoms with E-state index in [1.807, 2.05) is 23.2 Å². The first-order valence-corrected chi connectivity index (χ1v) is 8.24. The Balaban J connectivity index is 1.94. The van der Waals surface area contributed by atoms with Crippen molar-refractivity contribution in [1.29, 1.82) is 5.26 Å². The monoisotopic (exact) mass is 328 g/mol. The molecule has 2 aliphatic heterocycles. The maximum atomic E-state index is 9.42. The predicted molar refractivity (Wildman–Crippen MR) is 93.2 cm³/mol. The number of aliphatic hydroxyl groups excluding tert-OH is 1. The summed E-state index contributed by atoms with van der Waals surface area (Å²) in [7, 11) is 0. The van der Waals surface area contributed by atoms with Crippen molar-refractivity contribution in [3.8, 4) is 6.07 Å². The van der Waals surface area contributed by atoms with Gasteiger partial charge in [0.15, 0.2) is 6.17 Å². The van der Waals surface area contributed by atoms with Crippen LogP contribution in [0.3, 0.4) is 0 Å². The molecule has 23 heavy (non-hydrogen) atoms. The SMILES string of the molecule is N#CC1CN(S)N2C(c3ccccc3)=CC(CCCCO)=NC12. The Kier molecular flexibility index (Phi) is 5.01. The summed E-state index contributed by atoms with van der Waals surface area (Å²) in [5.41, 5.74) is 3.10.